The number of nitrogens with two attached hydrogens (primary N) is 1. The van der Waals surface area contributed by atoms with Crippen LogP contribution in [0.25, 0.3) is 0 Å². The smallest absolute Gasteiger partial charge is 0.270 e. The Labute approximate surface area is 219 Å². The van der Waals surface area contributed by atoms with Crippen molar-refractivity contribution in [2.75, 3.05) is 5.32 Å². The molecule has 3 saturated carbocycles. The van der Waals surface area contributed by atoms with E-state index in [1.807, 2.05) is 19.9 Å². The van der Waals surface area contributed by atoms with Crippen LogP contribution in [0.1, 0.15) is 92.5 Å². The molecule has 0 spiro atoms. The van der Waals surface area contributed by atoms with E-state index < -0.39 is 6.04 Å². The molecule has 37 heavy (non-hydrogen) atoms. The molecule has 0 bridgehead atoms. The number of aromatic nitrogens is 2. The summed E-state index contributed by atoms with van der Waals surface area (Å²) in [6, 6.07) is 8.76. The Bertz CT molecular complexity index is 1150. The molecule has 1 heterocycles. The molecule has 2 atom stereocenters. The van der Waals surface area contributed by atoms with Gasteiger partial charge in [-0.25, -0.2) is 0 Å². The van der Waals surface area contributed by atoms with E-state index in [4.69, 9.17) is 5.73 Å². The third-order valence-corrected chi connectivity index (χ3v) is 8.78. The highest BCUT2D eigenvalue weighted by atomic mass is 16.2. The van der Waals surface area contributed by atoms with Gasteiger partial charge in [-0.05, 0) is 112 Å². The molecular formula is C29H40N6O2. The van der Waals surface area contributed by atoms with Crippen LogP contribution in [0.4, 0.5) is 5.69 Å². The van der Waals surface area contributed by atoms with Crippen molar-refractivity contribution in [3.8, 4) is 0 Å². The van der Waals surface area contributed by atoms with Crippen LogP contribution in [0.2, 0.25) is 0 Å². The number of benzene rings is 1. The molecule has 0 aliphatic heterocycles. The molecule has 6 rings (SSSR count). The van der Waals surface area contributed by atoms with Crippen molar-refractivity contribution in [3.05, 3.63) is 47.3 Å². The Morgan fingerprint density at radius 2 is 1.78 bits per heavy atom. The highest BCUT2D eigenvalue weighted by molar-refractivity contribution is 6.00. The zero-order chi connectivity index (χ0) is 25.7. The number of aryl methyl sites for hydroxylation is 1. The summed E-state index contributed by atoms with van der Waals surface area (Å²) in [7, 11) is 0. The molecule has 5 N–H and O–H groups in total. The largest absolute Gasteiger partial charge is 0.339 e. The van der Waals surface area contributed by atoms with Gasteiger partial charge in [0.15, 0.2) is 0 Å². The standard InChI is InChI=1S/C29H40N6O2/c1-16(2)35-25(11-12-31-35)28(36)34-27(26(17-3-4-17)18-5-6-18)29(37)33-21-8-9-23-19(13-21)7-10-24(23)32-22-14-20(30)15-22/h8-9,11-13,16-18,20,22,24,26-27,32H,3-7,10,14-15,30H2,1-2H3,(H,33,37)(H,34,36)/t20?,22?,24-,27+/m1/s1. The van der Waals surface area contributed by atoms with Crippen LogP contribution in [-0.2, 0) is 11.2 Å². The van der Waals surface area contributed by atoms with Crippen LogP contribution in [0.3, 0.4) is 0 Å². The molecule has 1 aromatic carbocycles. The lowest BCUT2D eigenvalue weighted by atomic mass is 9.86. The average Bonchev–Trinajstić information content (AvgIpc) is 3.78. The topological polar surface area (TPSA) is 114 Å². The number of anilines is 1. The Morgan fingerprint density at radius 3 is 2.43 bits per heavy atom. The van der Waals surface area contributed by atoms with Gasteiger partial charge in [-0.15, -0.1) is 0 Å². The van der Waals surface area contributed by atoms with Crippen molar-refractivity contribution in [2.45, 2.75) is 95.4 Å². The van der Waals surface area contributed by atoms with Crippen molar-refractivity contribution in [1.29, 1.82) is 0 Å². The van der Waals surface area contributed by atoms with Crippen LogP contribution in [0, 0.1) is 17.8 Å². The number of rotatable bonds is 10. The molecule has 2 amide bonds. The zero-order valence-corrected chi connectivity index (χ0v) is 22.0. The van der Waals surface area contributed by atoms with Crippen molar-refractivity contribution in [2.24, 2.45) is 23.5 Å². The summed E-state index contributed by atoms with van der Waals surface area (Å²) < 4.78 is 1.72. The van der Waals surface area contributed by atoms with Gasteiger partial charge in [-0.3, -0.25) is 14.3 Å². The van der Waals surface area contributed by atoms with Gasteiger partial charge in [-0.2, -0.15) is 5.10 Å². The molecule has 0 radical (unpaired) electrons. The minimum absolute atomic E-state index is 0.0662. The van der Waals surface area contributed by atoms with E-state index >= 15 is 0 Å². The number of nitrogens with one attached hydrogen (secondary N) is 3. The third kappa shape index (κ3) is 5.18. The third-order valence-electron chi connectivity index (χ3n) is 8.78. The van der Waals surface area contributed by atoms with Crippen LogP contribution in [0.15, 0.2) is 30.5 Å². The number of carbonyl (C=O) groups excluding carboxylic acids is 2. The van der Waals surface area contributed by atoms with Gasteiger partial charge < -0.3 is 21.7 Å². The van der Waals surface area contributed by atoms with Gasteiger partial charge in [-0.1, -0.05) is 6.07 Å². The number of fused-ring (bicyclic) bond motifs is 1. The highest BCUT2D eigenvalue weighted by Crippen LogP contribution is 2.51. The number of amides is 2. The van der Waals surface area contributed by atoms with E-state index in [0.717, 1.165) is 57.1 Å². The number of hydrogen-bond donors (Lipinski definition) is 4. The molecule has 3 fully saturated rings. The number of hydrogen-bond acceptors (Lipinski definition) is 5. The maximum atomic E-state index is 13.8. The monoisotopic (exact) mass is 504 g/mol. The molecule has 8 heteroatoms. The van der Waals surface area contributed by atoms with Crippen molar-refractivity contribution < 1.29 is 9.59 Å². The lowest BCUT2D eigenvalue weighted by Gasteiger charge is -2.35. The van der Waals surface area contributed by atoms with Crippen LogP contribution in [-0.4, -0.2) is 39.7 Å². The summed E-state index contributed by atoms with van der Waals surface area (Å²) >= 11 is 0. The minimum Gasteiger partial charge on any atom is -0.339 e. The predicted molar refractivity (Wildman–Crippen MR) is 143 cm³/mol. The summed E-state index contributed by atoms with van der Waals surface area (Å²) in [6.07, 6.45) is 10.4. The quantitative estimate of drug-likeness (QED) is 0.394. The second-order valence-corrected chi connectivity index (χ2v) is 12.0. The first kappa shape index (κ1) is 24.6. The van der Waals surface area contributed by atoms with E-state index in [1.54, 1.807) is 16.9 Å². The first-order valence-electron chi connectivity index (χ1n) is 14.2. The summed E-state index contributed by atoms with van der Waals surface area (Å²) in [6.45, 7) is 4.00. The van der Waals surface area contributed by atoms with Gasteiger partial charge >= 0.3 is 0 Å². The van der Waals surface area contributed by atoms with E-state index in [0.29, 0.717) is 35.7 Å². The molecule has 2 aromatic rings. The second-order valence-electron chi connectivity index (χ2n) is 12.0. The predicted octanol–water partition coefficient (Wildman–Crippen LogP) is 3.70. The number of carbonyl (C=O) groups is 2. The maximum Gasteiger partial charge on any atom is 0.270 e. The summed E-state index contributed by atoms with van der Waals surface area (Å²) in [5, 5.41) is 14.4. The molecule has 8 nitrogen and oxygen atoms in total. The van der Waals surface area contributed by atoms with Gasteiger partial charge in [0.05, 0.1) is 0 Å². The van der Waals surface area contributed by atoms with Crippen molar-refractivity contribution in [1.82, 2.24) is 20.4 Å². The van der Waals surface area contributed by atoms with Gasteiger partial charge in [0.25, 0.3) is 5.91 Å². The fourth-order valence-electron chi connectivity index (χ4n) is 6.52. The summed E-state index contributed by atoms with van der Waals surface area (Å²) in [4.78, 5) is 27.1. The second kappa shape index (κ2) is 9.87. The summed E-state index contributed by atoms with van der Waals surface area (Å²) in [5.41, 5.74) is 9.90. The SMILES string of the molecule is CC(C)n1nccc1C(=O)N[C@H](C(=O)Nc1ccc2c(c1)CC[C@H]2NC1CC(N)C1)C(C1CC1)C1CC1. The Morgan fingerprint density at radius 1 is 1.05 bits per heavy atom. The van der Waals surface area contributed by atoms with E-state index in [9.17, 15) is 9.59 Å². The fraction of sp³-hybridized carbons (Fsp3) is 0.621. The Balaban J connectivity index is 1.18. The average molecular weight is 505 g/mol. The molecular weight excluding hydrogens is 464 g/mol. The minimum atomic E-state index is -0.548. The van der Waals surface area contributed by atoms with E-state index in [1.165, 1.54) is 11.1 Å². The summed E-state index contributed by atoms with van der Waals surface area (Å²) in [5.74, 6) is 0.895. The maximum absolute atomic E-state index is 13.8. The van der Waals surface area contributed by atoms with E-state index in [2.05, 4.69) is 33.2 Å². The normalized spacial score (nSPS) is 25.6. The van der Waals surface area contributed by atoms with Gasteiger partial charge in [0.1, 0.15) is 11.7 Å². The van der Waals surface area contributed by atoms with Crippen molar-refractivity contribution in [3.63, 3.8) is 0 Å². The van der Waals surface area contributed by atoms with Gasteiger partial charge in [0.2, 0.25) is 5.91 Å². The van der Waals surface area contributed by atoms with E-state index in [-0.39, 0.29) is 23.8 Å². The van der Waals surface area contributed by atoms with Crippen LogP contribution < -0.4 is 21.7 Å². The lowest BCUT2D eigenvalue weighted by Crippen LogP contribution is -2.50. The molecule has 4 aliphatic rings. The van der Waals surface area contributed by atoms with Gasteiger partial charge in [0, 0.05) is 36.1 Å². The fourth-order valence-corrected chi connectivity index (χ4v) is 6.52. The lowest BCUT2D eigenvalue weighted by molar-refractivity contribution is -0.119. The van der Waals surface area contributed by atoms with Crippen molar-refractivity contribution >= 4 is 17.5 Å². The first-order chi connectivity index (χ1) is 17.9. The molecule has 0 unspecified atom stereocenters. The van der Waals surface area contributed by atoms with Crippen LogP contribution >= 0.6 is 0 Å². The Hall–Kier alpha value is -2.71. The molecule has 198 valence electrons. The Kier molecular flexibility index (Phi) is 6.57. The first-order valence-corrected chi connectivity index (χ1v) is 14.2. The number of nitrogens with zero attached hydrogens (tertiary/aromatic N) is 2. The molecule has 1 aromatic heterocycles. The molecule has 4 aliphatic carbocycles. The highest BCUT2D eigenvalue weighted by Gasteiger charge is 2.48. The van der Waals surface area contributed by atoms with Crippen LogP contribution in [0.5, 0.6) is 0 Å². The molecule has 0 saturated heterocycles. The zero-order valence-electron chi connectivity index (χ0n) is 22.0.